The highest BCUT2D eigenvalue weighted by Crippen LogP contribution is 2.42. The molecular formula is C42H27N4O-. The molecule has 7 aromatic carbocycles. The molecule has 5 nitrogen and oxygen atoms in total. The molecule has 2 unspecified atom stereocenters. The summed E-state index contributed by atoms with van der Waals surface area (Å²) >= 11 is 0. The van der Waals surface area contributed by atoms with Crippen molar-refractivity contribution >= 4 is 71.8 Å². The Morgan fingerprint density at radius 3 is 2.17 bits per heavy atom. The molecule has 0 spiro atoms. The molecule has 8 aromatic rings. The van der Waals surface area contributed by atoms with Gasteiger partial charge in [-0.05, 0) is 84.5 Å². The van der Waals surface area contributed by atoms with Gasteiger partial charge in [0.1, 0.15) is 17.2 Å². The molecule has 0 fully saturated rings. The van der Waals surface area contributed by atoms with Gasteiger partial charge in [-0.25, -0.2) is 9.98 Å². The van der Waals surface area contributed by atoms with Crippen molar-refractivity contribution in [3.63, 3.8) is 0 Å². The fourth-order valence-corrected chi connectivity index (χ4v) is 7.30. The van der Waals surface area contributed by atoms with Crippen LogP contribution >= 0.6 is 0 Å². The molecule has 0 saturated heterocycles. The van der Waals surface area contributed by atoms with E-state index in [1.54, 1.807) is 0 Å². The van der Waals surface area contributed by atoms with Crippen LogP contribution in [-0.4, -0.2) is 11.7 Å². The average Bonchev–Trinajstić information content (AvgIpc) is 3.53. The molecule has 0 radical (unpaired) electrons. The Labute approximate surface area is 270 Å². The third-order valence-corrected chi connectivity index (χ3v) is 9.49. The zero-order valence-electron chi connectivity index (χ0n) is 25.3. The first-order valence-electron chi connectivity index (χ1n) is 15.9. The van der Waals surface area contributed by atoms with Crippen LogP contribution in [0.15, 0.2) is 154 Å². The van der Waals surface area contributed by atoms with Crippen molar-refractivity contribution in [3.05, 3.63) is 167 Å². The number of hydrogen-bond donors (Lipinski definition) is 1. The molecule has 10 rings (SSSR count). The van der Waals surface area contributed by atoms with Crippen LogP contribution in [0.3, 0.4) is 0 Å². The summed E-state index contributed by atoms with van der Waals surface area (Å²) in [7, 11) is 0. The van der Waals surface area contributed by atoms with E-state index in [0.29, 0.717) is 0 Å². The first-order valence-corrected chi connectivity index (χ1v) is 15.9. The van der Waals surface area contributed by atoms with Crippen LogP contribution in [0.1, 0.15) is 34.7 Å². The summed E-state index contributed by atoms with van der Waals surface area (Å²) in [5.74, 6) is 2.33. The van der Waals surface area contributed by atoms with Crippen molar-refractivity contribution < 1.29 is 4.42 Å². The minimum atomic E-state index is -0.462. The lowest BCUT2D eigenvalue weighted by atomic mass is 9.92. The Morgan fingerprint density at radius 2 is 1.30 bits per heavy atom. The second-order valence-electron chi connectivity index (χ2n) is 12.2. The number of nitrogens with one attached hydrogen (secondary N) is 1. The van der Waals surface area contributed by atoms with Gasteiger partial charge in [-0.2, -0.15) is 6.20 Å². The van der Waals surface area contributed by atoms with Crippen molar-refractivity contribution in [1.82, 2.24) is 5.32 Å². The molecule has 1 aromatic heterocycles. The molecule has 0 saturated carbocycles. The van der Waals surface area contributed by atoms with Gasteiger partial charge in [-0.3, -0.25) is 0 Å². The number of nitrogens with zero attached hydrogens (tertiary/aromatic N) is 3. The summed E-state index contributed by atoms with van der Waals surface area (Å²) in [5, 5.41) is 19.3. The highest BCUT2D eigenvalue weighted by atomic mass is 16.3. The number of para-hydroxylation sites is 1. The Morgan fingerprint density at radius 1 is 0.596 bits per heavy atom. The van der Waals surface area contributed by atoms with E-state index in [0.717, 1.165) is 61.2 Å². The average molecular weight is 604 g/mol. The van der Waals surface area contributed by atoms with Gasteiger partial charge in [0.2, 0.25) is 0 Å². The lowest BCUT2D eigenvalue weighted by Crippen LogP contribution is -2.39. The molecule has 2 aliphatic heterocycles. The molecule has 1 N–H and O–H groups in total. The van der Waals surface area contributed by atoms with Crippen molar-refractivity contribution in [2.24, 2.45) is 9.98 Å². The number of furan rings is 1. The number of hydrogen-bond acceptors (Lipinski definition) is 4. The number of rotatable bonds is 3. The van der Waals surface area contributed by atoms with E-state index in [9.17, 15) is 0 Å². The van der Waals surface area contributed by atoms with E-state index in [-0.39, 0.29) is 6.04 Å². The minimum Gasteiger partial charge on any atom is -0.678 e. The van der Waals surface area contributed by atoms with Gasteiger partial charge in [0, 0.05) is 10.9 Å². The summed E-state index contributed by atoms with van der Waals surface area (Å²) in [6.07, 6.45) is 3.30. The summed E-state index contributed by atoms with van der Waals surface area (Å²) in [6, 6.07) is 46.6. The predicted molar refractivity (Wildman–Crippen MR) is 194 cm³/mol. The van der Waals surface area contributed by atoms with E-state index >= 15 is 0 Å². The maximum Gasteiger partial charge on any atom is 0.169 e. The molecule has 47 heavy (non-hydrogen) atoms. The molecule has 3 heterocycles. The van der Waals surface area contributed by atoms with Gasteiger partial charge in [0.25, 0.3) is 0 Å². The number of fused-ring (bicyclic) bond motifs is 9. The molecular weight excluding hydrogens is 576 g/mol. The highest BCUT2D eigenvalue weighted by molar-refractivity contribution is 6.28. The molecule has 0 amide bonds. The largest absolute Gasteiger partial charge is 0.678 e. The summed E-state index contributed by atoms with van der Waals surface area (Å²) < 4.78 is 6.27. The van der Waals surface area contributed by atoms with Gasteiger partial charge in [-0.1, -0.05) is 115 Å². The van der Waals surface area contributed by atoms with Crippen LogP contribution in [0.2, 0.25) is 0 Å². The fraction of sp³-hybridized carbons (Fsp3) is 0.0476. The van der Waals surface area contributed by atoms with Crippen LogP contribution in [-0.2, 0) is 0 Å². The second-order valence-corrected chi connectivity index (χ2v) is 12.2. The summed E-state index contributed by atoms with van der Waals surface area (Å²) in [5.41, 5.74) is 3.92. The topological polar surface area (TPSA) is 64.0 Å². The van der Waals surface area contributed by atoms with E-state index in [4.69, 9.17) is 19.7 Å². The Bertz CT molecular complexity index is 2650. The normalized spacial score (nSPS) is 17.4. The monoisotopic (exact) mass is 603 g/mol. The quantitative estimate of drug-likeness (QED) is 0.204. The fourth-order valence-electron chi connectivity index (χ4n) is 7.30. The second kappa shape index (κ2) is 10.2. The molecule has 0 aliphatic carbocycles. The smallest absolute Gasteiger partial charge is 0.169 e. The number of benzene rings is 7. The lowest BCUT2D eigenvalue weighted by Gasteiger charge is -2.37. The summed E-state index contributed by atoms with van der Waals surface area (Å²) in [4.78, 5) is 10.6. The number of amidine groups is 2. The Balaban J connectivity index is 1.21. The molecule has 0 bridgehead atoms. The highest BCUT2D eigenvalue weighted by Gasteiger charge is 2.28. The van der Waals surface area contributed by atoms with Crippen LogP contribution < -0.4 is 5.32 Å². The predicted octanol–water partition coefficient (Wildman–Crippen LogP) is 10.6. The van der Waals surface area contributed by atoms with E-state index in [1.165, 1.54) is 26.9 Å². The molecule has 2 aliphatic rings. The van der Waals surface area contributed by atoms with Crippen LogP contribution in [0.4, 0.5) is 0 Å². The summed E-state index contributed by atoms with van der Waals surface area (Å²) in [6.45, 7) is 0. The maximum atomic E-state index is 6.27. The maximum absolute atomic E-state index is 6.27. The van der Waals surface area contributed by atoms with Crippen molar-refractivity contribution in [3.8, 4) is 0 Å². The first kappa shape index (κ1) is 26.1. The zero-order valence-corrected chi connectivity index (χ0v) is 25.3. The van der Waals surface area contributed by atoms with Crippen LogP contribution in [0.25, 0.3) is 65.5 Å². The van der Waals surface area contributed by atoms with Gasteiger partial charge in [0.05, 0.1) is 5.84 Å². The minimum absolute atomic E-state index is 0.375. The van der Waals surface area contributed by atoms with Gasteiger partial charge >= 0.3 is 0 Å². The van der Waals surface area contributed by atoms with E-state index in [2.05, 4.69) is 121 Å². The van der Waals surface area contributed by atoms with E-state index < -0.39 is 6.17 Å². The standard InChI is InChI=1S/C42H27N4O/c1-2-11-27-23-29(18-17-25(27)9-1)40-44-41(46-42(45-40)39-38-33-15-7-8-16-35(33)47-36(38)21-22-43-39)34-24-28-12-4-6-14-31(28)37-30-13-5-3-10-26(30)19-20-32(34)37/h1-24,39-40H,(H,44,45,46)/q-1. The lowest BCUT2D eigenvalue weighted by molar-refractivity contribution is 0.596. The van der Waals surface area contributed by atoms with Crippen molar-refractivity contribution in [2.75, 3.05) is 0 Å². The van der Waals surface area contributed by atoms with Gasteiger partial charge in [-0.15, -0.1) is 0 Å². The first-order chi connectivity index (χ1) is 23.3. The van der Waals surface area contributed by atoms with Crippen LogP contribution in [0, 0.1) is 0 Å². The zero-order chi connectivity index (χ0) is 30.9. The Hall–Kier alpha value is -6.20. The van der Waals surface area contributed by atoms with Crippen molar-refractivity contribution in [1.29, 1.82) is 0 Å². The third kappa shape index (κ3) is 4.10. The molecule has 222 valence electrons. The molecule has 2 atom stereocenters. The van der Waals surface area contributed by atoms with E-state index in [1.807, 2.05) is 30.5 Å². The van der Waals surface area contributed by atoms with Gasteiger partial charge < -0.3 is 15.1 Å². The van der Waals surface area contributed by atoms with Crippen molar-refractivity contribution in [2.45, 2.75) is 12.2 Å². The molecule has 5 heteroatoms. The van der Waals surface area contributed by atoms with Gasteiger partial charge in [0.15, 0.2) is 6.17 Å². The SMILES string of the molecule is C1=Cc2oc3ccccc3c2C(C2=NC(c3ccc4ccccc4c3)N=C(c3cc4ccccc4c4c3ccc3ccccc34)N2)[N-]1. The van der Waals surface area contributed by atoms with Crippen LogP contribution in [0.5, 0.6) is 0 Å². The third-order valence-electron chi connectivity index (χ3n) is 9.49. The Kier molecular flexibility index (Phi) is 5.63. The number of aliphatic imine (C=N–C) groups is 2.